The van der Waals surface area contributed by atoms with E-state index >= 15 is 0 Å². The summed E-state index contributed by atoms with van der Waals surface area (Å²) in [5.74, 6) is -0.419. The van der Waals surface area contributed by atoms with Gasteiger partial charge in [0.2, 0.25) is 15.9 Å². The molecule has 0 bridgehead atoms. The number of nitrogens with zero attached hydrogens (tertiary/aromatic N) is 1. The maximum atomic E-state index is 13.2. The molecule has 1 aromatic heterocycles. The predicted octanol–water partition coefficient (Wildman–Crippen LogP) is 3.53. The van der Waals surface area contributed by atoms with Crippen molar-refractivity contribution in [1.29, 1.82) is 0 Å². The molecule has 0 spiro atoms. The van der Waals surface area contributed by atoms with Crippen LogP contribution in [0.3, 0.4) is 0 Å². The number of hydrogen-bond acceptors (Lipinski definition) is 5. The van der Waals surface area contributed by atoms with Crippen LogP contribution in [0.2, 0.25) is 0 Å². The van der Waals surface area contributed by atoms with Gasteiger partial charge in [0.1, 0.15) is 0 Å². The third-order valence-electron chi connectivity index (χ3n) is 6.44. The van der Waals surface area contributed by atoms with Crippen LogP contribution >= 0.6 is 11.3 Å². The van der Waals surface area contributed by atoms with E-state index in [0.717, 1.165) is 43.4 Å². The zero-order valence-electron chi connectivity index (χ0n) is 18.7. The SMILES string of the molecule is O=C(NC1CCCCC1)C1CCCN(C(=O)c2cccc(S(=O)(=O)NCc3cccs3)c2)C1. The van der Waals surface area contributed by atoms with Gasteiger partial charge in [-0.15, -0.1) is 11.3 Å². The molecule has 1 atom stereocenters. The van der Waals surface area contributed by atoms with E-state index in [9.17, 15) is 18.0 Å². The Morgan fingerprint density at radius 2 is 1.85 bits per heavy atom. The molecule has 2 fully saturated rings. The molecule has 1 aromatic carbocycles. The van der Waals surface area contributed by atoms with Crippen molar-refractivity contribution in [2.45, 2.75) is 62.4 Å². The highest BCUT2D eigenvalue weighted by Gasteiger charge is 2.30. The standard InChI is InChI=1S/C24H31N3O4S2/c28-23(26-20-9-2-1-3-10-20)19-8-5-13-27(17-19)24(29)18-7-4-12-22(15-18)33(30,31)25-16-21-11-6-14-32-21/h4,6-7,11-12,14-15,19-20,25H,1-3,5,8-10,13,16-17H2,(H,26,28). The fraction of sp³-hybridized carbons (Fsp3) is 0.500. The molecule has 2 heterocycles. The largest absolute Gasteiger partial charge is 0.353 e. The van der Waals surface area contributed by atoms with E-state index in [1.54, 1.807) is 17.0 Å². The molecule has 2 aliphatic rings. The van der Waals surface area contributed by atoms with Crippen molar-refractivity contribution in [3.8, 4) is 0 Å². The summed E-state index contributed by atoms with van der Waals surface area (Å²) >= 11 is 1.48. The van der Waals surface area contributed by atoms with Crippen molar-refractivity contribution < 1.29 is 18.0 Å². The third kappa shape index (κ3) is 6.22. The number of rotatable bonds is 7. The fourth-order valence-corrected chi connectivity index (χ4v) is 6.37. The lowest BCUT2D eigenvalue weighted by Crippen LogP contribution is -2.48. The lowest BCUT2D eigenvalue weighted by Gasteiger charge is -2.33. The zero-order chi connectivity index (χ0) is 23.3. The quantitative estimate of drug-likeness (QED) is 0.622. The van der Waals surface area contributed by atoms with Crippen LogP contribution in [0.1, 0.15) is 60.2 Å². The summed E-state index contributed by atoms with van der Waals surface area (Å²) in [5, 5.41) is 5.07. The molecule has 1 aliphatic carbocycles. The molecule has 0 radical (unpaired) electrons. The van der Waals surface area contributed by atoms with Gasteiger partial charge in [-0.05, 0) is 55.3 Å². The van der Waals surface area contributed by atoms with Crippen LogP contribution in [0.5, 0.6) is 0 Å². The average molecular weight is 490 g/mol. The average Bonchev–Trinajstić information content (AvgIpc) is 3.37. The normalized spacial score (nSPS) is 19.9. The molecule has 1 unspecified atom stereocenters. The lowest BCUT2D eigenvalue weighted by molar-refractivity contribution is -0.127. The Labute approximate surface area is 199 Å². The van der Waals surface area contributed by atoms with Gasteiger partial charge in [-0.1, -0.05) is 31.4 Å². The molecule has 4 rings (SSSR count). The van der Waals surface area contributed by atoms with E-state index in [2.05, 4.69) is 10.0 Å². The number of thiophene rings is 1. The van der Waals surface area contributed by atoms with Gasteiger partial charge in [-0.25, -0.2) is 13.1 Å². The number of likely N-dealkylation sites (tertiary alicyclic amines) is 1. The molecule has 2 N–H and O–H groups in total. The molecule has 1 aliphatic heterocycles. The highest BCUT2D eigenvalue weighted by Crippen LogP contribution is 2.23. The minimum absolute atomic E-state index is 0.0357. The summed E-state index contributed by atoms with van der Waals surface area (Å²) in [6.07, 6.45) is 7.13. The van der Waals surface area contributed by atoms with Gasteiger partial charge in [-0.2, -0.15) is 0 Å². The van der Waals surface area contributed by atoms with Crippen molar-refractivity contribution in [1.82, 2.24) is 14.9 Å². The van der Waals surface area contributed by atoms with Crippen LogP contribution in [0.4, 0.5) is 0 Å². The number of carbonyl (C=O) groups excluding carboxylic acids is 2. The van der Waals surface area contributed by atoms with Crippen LogP contribution in [0.15, 0.2) is 46.7 Å². The fourth-order valence-electron chi connectivity index (χ4n) is 4.58. The predicted molar refractivity (Wildman–Crippen MR) is 128 cm³/mol. The Balaban J connectivity index is 1.39. The van der Waals surface area contributed by atoms with Gasteiger partial charge in [0.15, 0.2) is 0 Å². The van der Waals surface area contributed by atoms with Crippen molar-refractivity contribution in [2.75, 3.05) is 13.1 Å². The number of amides is 2. The molecule has 7 nitrogen and oxygen atoms in total. The molecule has 2 aromatic rings. The van der Waals surface area contributed by atoms with E-state index in [0.29, 0.717) is 18.7 Å². The molecule has 1 saturated heterocycles. The molecular formula is C24H31N3O4S2. The van der Waals surface area contributed by atoms with Crippen molar-refractivity contribution >= 4 is 33.2 Å². The van der Waals surface area contributed by atoms with Gasteiger partial charge in [0.05, 0.1) is 10.8 Å². The molecule has 33 heavy (non-hydrogen) atoms. The van der Waals surface area contributed by atoms with E-state index < -0.39 is 10.0 Å². The minimum Gasteiger partial charge on any atom is -0.353 e. The molecule has 1 saturated carbocycles. The number of nitrogens with one attached hydrogen (secondary N) is 2. The second kappa shape index (κ2) is 10.8. The Morgan fingerprint density at radius 1 is 1.03 bits per heavy atom. The van der Waals surface area contributed by atoms with Crippen LogP contribution in [0.25, 0.3) is 0 Å². The van der Waals surface area contributed by atoms with Crippen LogP contribution in [-0.2, 0) is 21.4 Å². The van der Waals surface area contributed by atoms with Crippen LogP contribution < -0.4 is 10.0 Å². The first-order valence-electron chi connectivity index (χ1n) is 11.6. The Morgan fingerprint density at radius 3 is 2.61 bits per heavy atom. The maximum absolute atomic E-state index is 13.2. The third-order valence-corrected chi connectivity index (χ3v) is 8.71. The van der Waals surface area contributed by atoms with Crippen molar-refractivity contribution in [3.63, 3.8) is 0 Å². The lowest BCUT2D eigenvalue weighted by atomic mass is 9.93. The van der Waals surface area contributed by atoms with Gasteiger partial charge < -0.3 is 10.2 Å². The summed E-state index contributed by atoms with van der Waals surface area (Å²) in [6, 6.07) is 10.1. The Hall–Kier alpha value is -2.23. The number of hydrogen-bond donors (Lipinski definition) is 2. The number of piperidine rings is 1. The summed E-state index contributed by atoms with van der Waals surface area (Å²) < 4.78 is 28.0. The van der Waals surface area contributed by atoms with Crippen molar-refractivity contribution in [3.05, 3.63) is 52.2 Å². The topological polar surface area (TPSA) is 95.6 Å². The van der Waals surface area contributed by atoms with Crippen LogP contribution in [-0.4, -0.2) is 44.3 Å². The summed E-state index contributed by atoms with van der Waals surface area (Å²) in [4.78, 5) is 28.6. The maximum Gasteiger partial charge on any atom is 0.253 e. The highest BCUT2D eigenvalue weighted by atomic mass is 32.2. The van der Waals surface area contributed by atoms with Gasteiger partial charge in [0.25, 0.3) is 5.91 Å². The van der Waals surface area contributed by atoms with Gasteiger partial charge >= 0.3 is 0 Å². The number of benzene rings is 1. The van der Waals surface area contributed by atoms with E-state index in [4.69, 9.17) is 0 Å². The second-order valence-electron chi connectivity index (χ2n) is 8.87. The first-order valence-corrected chi connectivity index (χ1v) is 14.0. The number of carbonyl (C=O) groups is 2. The molecular weight excluding hydrogens is 458 g/mol. The van der Waals surface area contributed by atoms with E-state index in [1.807, 2.05) is 17.5 Å². The minimum atomic E-state index is -3.74. The number of sulfonamides is 1. The van der Waals surface area contributed by atoms with Gasteiger partial charge in [0, 0.05) is 36.1 Å². The monoisotopic (exact) mass is 489 g/mol. The smallest absolute Gasteiger partial charge is 0.253 e. The Bertz CT molecular complexity index is 1060. The van der Waals surface area contributed by atoms with Crippen LogP contribution in [0, 0.1) is 5.92 Å². The zero-order valence-corrected chi connectivity index (χ0v) is 20.3. The first kappa shape index (κ1) is 23.9. The second-order valence-corrected chi connectivity index (χ2v) is 11.7. The van der Waals surface area contributed by atoms with E-state index in [1.165, 1.54) is 29.9 Å². The van der Waals surface area contributed by atoms with Crippen molar-refractivity contribution in [2.24, 2.45) is 5.92 Å². The molecule has 2 amide bonds. The van der Waals surface area contributed by atoms with E-state index in [-0.39, 0.29) is 35.2 Å². The summed E-state index contributed by atoms with van der Waals surface area (Å²) in [6.45, 7) is 1.15. The highest BCUT2D eigenvalue weighted by molar-refractivity contribution is 7.89. The first-order chi connectivity index (χ1) is 15.9. The summed E-state index contributed by atoms with van der Waals surface area (Å²) in [5.41, 5.74) is 0.322. The molecule has 178 valence electrons. The Kier molecular flexibility index (Phi) is 7.82. The van der Waals surface area contributed by atoms with Gasteiger partial charge in [-0.3, -0.25) is 9.59 Å². The summed E-state index contributed by atoms with van der Waals surface area (Å²) in [7, 11) is -3.74. The molecule has 9 heteroatoms.